The summed E-state index contributed by atoms with van der Waals surface area (Å²) in [6.07, 6.45) is 3.53. The highest BCUT2D eigenvalue weighted by Crippen LogP contribution is 2.24. The molecule has 1 aromatic carbocycles. The third-order valence-corrected chi connectivity index (χ3v) is 4.55. The molecule has 0 spiro atoms. The van der Waals surface area contributed by atoms with Crippen molar-refractivity contribution in [3.8, 4) is 0 Å². The average molecular weight is 369 g/mol. The maximum Gasteiger partial charge on any atom is 0.315 e. The van der Waals surface area contributed by atoms with Crippen molar-refractivity contribution >= 4 is 27.9 Å². The second-order valence-electron chi connectivity index (χ2n) is 5.66. The molecule has 0 heterocycles. The summed E-state index contributed by atoms with van der Waals surface area (Å²) in [5.41, 5.74) is 1.17. The van der Waals surface area contributed by atoms with Gasteiger partial charge in [0, 0.05) is 17.1 Å². The number of carboxylic acid groups (broad SMARTS) is 1. The van der Waals surface area contributed by atoms with Crippen LogP contribution in [-0.2, 0) is 11.2 Å². The van der Waals surface area contributed by atoms with Crippen molar-refractivity contribution in [2.45, 2.75) is 38.1 Å². The molecule has 1 aromatic rings. The van der Waals surface area contributed by atoms with Gasteiger partial charge in [-0.15, -0.1) is 0 Å². The zero-order valence-corrected chi connectivity index (χ0v) is 13.9. The van der Waals surface area contributed by atoms with E-state index in [-0.39, 0.29) is 18.0 Å². The summed E-state index contributed by atoms with van der Waals surface area (Å²) >= 11 is 3.39. The number of carboxylic acids is 1. The third-order valence-electron chi connectivity index (χ3n) is 4.02. The topological polar surface area (TPSA) is 78.4 Å². The van der Waals surface area contributed by atoms with E-state index in [0.717, 1.165) is 23.7 Å². The number of halogens is 1. The van der Waals surface area contributed by atoms with Crippen molar-refractivity contribution in [1.82, 2.24) is 10.6 Å². The summed E-state index contributed by atoms with van der Waals surface area (Å²) < 4.78 is 1.04. The normalized spacial score (nSPS) is 21.1. The van der Waals surface area contributed by atoms with E-state index in [9.17, 15) is 9.59 Å². The van der Waals surface area contributed by atoms with E-state index in [4.69, 9.17) is 5.11 Å². The number of amides is 2. The SMILES string of the molecule is O=C(NCCc1ccc(Br)cc1)NC1CCC(C(=O)O)CC1. The Hall–Kier alpha value is -1.56. The lowest BCUT2D eigenvalue weighted by atomic mass is 9.86. The Labute approximate surface area is 138 Å². The van der Waals surface area contributed by atoms with E-state index >= 15 is 0 Å². The molecule has 0 aliphatic heterocycles. The van der Waals surface area contributed by atoms with E-state index in [1.807, 2.05) is 24.3 Å². The van der Waals surface area contributed by atoms with Gasteiger partial charge in [-0.3, -0.25) is 4.79 Å². The lowest BCUT2D eigenvalue weighted by Gasteiger charge is -2.26. The maximum absolute atomic E-state index is 11.8. The minimum Gasteiger partial charge on any atom is -0.481 e. The van der Waals surface area contributed by atoms with Crippen molar-refractivity contribution < 1.29 is 14.7 Å². The highest BCUT2D eigenvalue weighted by atomic mass is 79.9. The first-order valence-electron chi connectivity index (χ1n) is 7.56. The lowest BCUT2D eigenvalue weighted by molar-refractivity contribution is -0.142. The maximum atomic E-state index is 11.8. The number of aliphatic carboxylic acids is 1. The van der Waals surface area contributed by atoms with Gasteiger partial charge < -0.3 is 15.7 Å². The molecule has 1 fully saturated rings. The molecule has 120 valence electrons. The largest absolute Gasteiger partial charge is 0.481 e. The Morgan fingerprint density at radius 3 is 2.36 bits per heavy atom. The highest BCUT2D eigenvalue weighted by Gasteiger charge is 2.26. The second-order valence-corrected chi connectivity index (χ2v) is 6.58. The quantitative estimate of drug-likeness (QED) is 0.747. The van der Waals surface area contributed by atoms with Crippen LogP contribution in [0.4, 0.5) is 4.79 Å². The van der Waals surface area contributed by atoms with Gasteiger partial charge in [0.25, 0.3) is 0 Å². The van der Waals surface area contributed by atoms with Crippen LogP contribution in [0.25, 0.3) is 0 Å². The van der Waals surface area contributed by atoms with Crippen LogP contribution in [0.15, 0.2) is 28.7 Å². The first kappa shape index (κ1) is 16.8. The first-order chi connectivity index (χ1) is 10.5. The molecular formula is C16H21BrN2O3. The van der Waals surface area contributed by atoms with Gasteiger partial charge in [-0.2, -0.15) is 0 Å². The van der Waals surface area contributed by atoms with Crippen molar-refractivity contribution in [3.63, 3.8) is 0 Å². The summed E-state index contributed by atoms with van der Waals surface area (Å²) in [4.78, 5) is 22.7. The zero-order valence-electron chi connectivity index (χ0n) is 12.3. The summed E-state index contributed by atoms with van der Waals surface area (Å²) in [5.74, 6) is -0.976. The van der Waals surface area contributed by atoms with Crippen LogP contribution in [-0.4, -0.2) is 29.7 Å². The fourth-order valence-electron chi connectivity index (χ4n) is 2.69. The third kappa shape index (κ3) is 5.33. The lowest BCUT2D eigenvalue weighted by Crippen LogP contribution is -2.44. The Kier molecular flexibility index (Phi) is 6.24. The predicted molar refractivity (Wildman–Crippen MR) is 87.8 cm³/mol. The molecule has 6 heteroatoms. The van der Waals surface area contributed by atoms with Gasteiger partial charge in [0.2, 0.25) is 0 Å². The molecule has 1 aliphatic carbocycles. The van der Waals surface area contributed by atoms with Gasteiger partial charge in [0.05, 0.1) is 5.92 Å². The van der Waals surface area contributed by atoms with Gasteiger partial charge in [-0.25, -0.2) is 4.79 Å². The van der Waals surface area contributed by atoms with Crippen LogP contribution < -0.4 is 10.6 Å². The Morgan fingerprint density at radius 2 is 1.77 bits per heavy atom. The van der Waals surface area contributed by atoms with E-state index in [1.165, 1.54) is 5.56 Å². The fourth-order valence-corrected chi connectivity index (χ4v) is 2.96. The standard InChI is InChI=1S/C16H21BrN2O3/c17-13-5-1-11(2-6-13)9-10-18-16(22)19-14-7-3-12(4-8-14)15(20)21/h1-2,5-6,12,14H,3-4,7-10H2,(H,20,21)(H2,18,19,22). The van der Waals surface area contributed by atoms with E-state index in [0.29, 0.717) is 19.4 Å². The molecule has 5 nitrogen and oxygen atoms in total. The molecule has 2 rings (SSSR count). The molecular weight excluding hydrogens is 348 g/mol. The molecule has 0 radical (unpaired) electrons. The summed E-state index contributed by atoms with van der Waals surface area (Å²) in [7, 11) is 0. The Balaban J connectivity index is 1.64. The number of hydrogen-bond donors (Lipinski definition) is 3. The molecule has 1 saturated carbocycles. The number of carbonyl (C=O) groups excluding carboxylic acids is 1. The van der Waals surface area contributed by atoms with Crippen LogP contribution in [0, 0.1) is 5.92 Å². The first-order valence-corrected chi connectivity index (χ1v) is 8.35. The summed E-state index contributed by atoms with van der Waals surface area (Å²) in [6, 6.07) is 7.93. The van der Waals surface area contributed by atoms with E-state index in [2.05, 4.69) is 26.6 Å². The Morgan fingerprint density at radius 1 is 1.14 bits per heavy atom. The molecule has 2 amide bonds. The predicted octanol–water partition coefficient (Wildman–Crippen LogP) is 2.93. The number of nitrogens with one attached hydrogen (secondary N) is 2. The molecule has 1 aliphatic rings. The van der Waals surface area contributed by atoms with Crippen molar-refractivity contribution in [2.75, 3.05) is 6.54 Å². The van der Waals surface area contributed by atoms with Crippen molar-refractivity contribution in [2.24, 2.45) is 5.92 Å². The number of rotatable bonds is 5. The molecule has 0 saturated heterocycles. The van der Waals surface area contributed by atoms with Crippen molar-refractivity contribution in [1.29, 1.82) is 0 Å². The van der Waals surface area contributed by atoms with Crippen LogP contribution >= 0.6 is 15.9 Å². The highest BCUT2D eigenvalue weighted by molar-refractivity contribution is 9.10. The Bertz CT molecular complexity index is 511. The van der Waals surface area contributed by atoms with Crippen LogP contribution in [0.2, 0.25) is 0 Å². The van der Waals surface area contributed by atoms with E-state index in [1.54, 1.807) is 0 Å². The summed E-state index contributed by atoms with van der Waals surface area (Å²) in [5, 5.41) is 14.7. The van der Waals surface area contributed by atoms with Gasteiger partial charge in [-0.1, -0.05) is 28.1 Å². The molecule has 0 bridgehead atoms. The smallest absolute Gasteiger partial charge is 0.315 e. The van der Waals surface area contributed by atoms with E-state index < -0.39 is 5.97 Å². The molecule has 0 atom stereocenters. The number of urea groups is 1. The molecule has 3 N–H and O–H groups in total. The summed E-state index contributed by atoms with van der Waals surface area (Å²) in [6.45, 7) is 0.581. The second kappa shape index (κ2) is 8.17. The monoisotopic (exact) mass is 368 g/mol. The molecule has 22 heavy (non-hydrogen) atoms. The van der Waals surface area contributed by atoms with Gasteiger partial charge in [0.15, 0.2) is 0 Å². The van der Waals surface area contributed by atoms with Crippen LogP contribution in [0.1, 0.15) is 31.2 Å². The van der Waals surface area contributed by atoms with Crippen molar-refractivity contribution in [3.05, 3.63) is 34.3 Å². The fraction of sp³-hybridized carbons (Fsp3) is 0.500. The average Bonchev–Trinajstić information content (AvgIpc) is 2.50. The van der Waals surface area contributed by atoms with Gasteiger partial charge in [-0.05, 0) is 49.8 Å². The molecule has 0 aromatic heterocycles. The van der Waals surface area contributed by atoms with Crippen LogP contribution in [0.3, 0.4) is 0 Å². The van der Waals surface area contributed by atoms with Gasteiger partial charge in [0.1, 0.15) is 0 Å². The molecule has 0 unspecified atom stereocenters. The van der Waals surface area contributed by atoms with Crippen LogP contribution in [0.5, 0.6) is 0 Å². The minimum atomic E-state index is -0.725. The number of carbonyl (C=O) groups is 2. The van der Waals surface area contributed by atoms with Gasteiger partial charge >= 0.3 is 12.0 Å². The minimum absolute atomic E-state index is 0.0864. The number of hydrogen-bond acceptors (Lipinski definition) is 2. The zero-order chi connectivity index (χ0) is 15.9. The number of benzene rings is 1.